The van der Waals surface area contributed by atoms with Crippen molar-refractivity contribution in [2.45, 2.75) is 12.8 Å². The summed E-state index contributed by atoms with van der Waals surface area (Å²) in [7, 11) is 0. The molecule has 96 valence electrons. The van der Waals surface area contributed by atoms with Crippen LogP contribution < -0.4 is 11.5 Å². The molecule has 1 aromatic heterocycles. The molecule has 2 amide bonds. The lowest BCUT2D eigenvalue weighted by Gasteiger charge is -2.15. The maximum Gasteiger partial charge on any atom is 0.228 e. The van der Waals surface area contributed by atoms with Crippen molar-refractivity contribution in [3.63, 3.8) is 0 Å². The minimum Gasteiger partial charge on any atom is -0.397 e. The van der Waals surface area contributed by atoms with Crippen LogP contribution in [0.5, 0.6) is 0 Å². The number of carbonyl (C=O) groups is 2. The zero-order chi connectivity index (χ0) is 13.1. The first kappa shape index (κ1) is 12.3. The molecule has 4 N–H and O–H groups in total. The standard InChI is InChI=1S/C12H16N4O2/c13-9-1-2-10(15-6-9)5-11(17)16-4-3-8(7-16)12(14)18/h1-2,6,8H,3-5,7,13H2,(H2,14,18). The Labute approximate surface area is 105 Å². The van der Waals surface area contributed by atoms with Gasteiger partial charge in [-0.25, -0.2) is 0 Å². The van der Waals surface area contributed by atoms with Gasteiger partial charge < -0.3 is 16.4 Å². The highest BCUT2D eigenvalue weighted by Gasteiger charge is 2.29. The van der Waals surface area contributed by atoms with Crippen molar-refractivity contribution in [3.05, 3.63) is 24.0 Å². The van der Waals surface area contributed by atoms with Gasteiger partial charge in [0, 0.05) is 18.8 Å². The van der Waals surface area contributed by atoms with Crippen LogP contribution in [-0.4, -0.2) is 34.8 Å². The number of pyridine rings is 1. The average Bonchev–Trinajstić information content (AvgIpc) is 2.81. The van der Waals surface area contributed by atoms with Gasteiger partial charge in [0.1, 0.15) is 0 Å². The molecule has 0 radical (unpaired) electrons. The Morgan fingerprint density at radius 1 is 1.44 bits per heavy atom. The largest absolute Gasteiger partial charge is 0.397 e. The molecule has 1 saturated heterocycles. The van der Waals surface area contributed by atoms with Crippen molar-refractivity contribution in [1.29, 1.82) is 0 Å². The van der Waals surface area contributed by atoms with Gasteiger partial charge in [-0.05, 0) is 18.6 Å². The average molecular weight is 248 g/mol. The first-order chi connectivity index (χ1) is 8.56. The molecule has 1 aliphatic heterocycles. The molecule has 2 heterocycles. The van der Waals surface area contributed by atoms with E-state index in [9.17, 15) is 9.59 Å². The van der Waals surface area contributed by atoms with Crippen LogP contribution in [0.1, 0.15) is 12.1 Å². The monoisotopic (exact) mass is 248 g/mol. The van der Waals surface area contributed by atoms with E-state index in [-0.39, 0.29) is 24.2 Å². The third kappa shape index (κ3) is 2.77. The van der Waals surface area contributed by atoms with Crippen LogP contribution in [-0.2, 0) is 16.0 Å². The summed E-state index contributed by atoms with van der Waals surface area (Å²) >= 11 is 0. The van der Waals surface area contributed by atoms with E-state index in [1.165, 1.54) is 6.20 Å². The molecule has 1 aliphatic rings. The van der Waals surface area contributed by atoms with E-state index in [1.54, 1.807) is 17.0 Å². The maximum absolute atomic E-state index is 12.0. The Morgan fingerprint density at radius 2 is 2.22 bits per heavy atom. The highest BCUT2D eigenvalue weighted by atomic mass is 16.2. The van der Waals surface area contributed by atoms with Crippen LogP contribution in [0.3, 0.4) is 0 Å². The number of rotatable bonds is 3. The molecule has 1 aromatic rings. The summed E-state index contributed by atoms with van der Waals surface area (Å²) in [5.41, 5.74) is 12.0. The predicted octanol–water partition coefficient (Wildman–Crippen LogP) is -0.460. The van der Waals surface area contributed by atoms with Gasteiger partial charge in [-0.2, -0.15) is 0 Å². The quantitative estimate of drug-likeness (QED) is 0.755. The third-order valence-electron chi connectivity index (χ3n) is 3.12. The van der Waals surface area contributed by atoms with E-state index >= 15 is 0 Å². The van der Waals surface area contributed by atoms with E-state index in [0.29, 0.717) is 30.9 Å². The molecule has 0 saturated carbocycles. The normalized spacial score (nSPS) is 18.9. The Hall–Kier alpha value is -2.11. The minimum atomic E-state index is -0.337. The van der Waals surface area contributed by atoms with Gasteiger partial charge in [-0.1, -0.05) is 0 Å². The summed E-state index contributed by atoms with van der Waals surface area (Å²) in [6.07, 6.45) is 2.40. The number of likely N-dealkylation sites (tertiary alicyclic amines) is 1. The summed E-state index contributed by atoms with van der Waals surface area (Å²) < 4.78 is 0. The Bertz CT molecular complexity index is 458. The van der Waals surface area contributed by atoms with Gasteiger partial charge >= 0.3 is 0 Å². The van der Waals surface area contributed by atoms with Gasteiger partial charge in [0.15, 0.2) is 0 Å². The number of hydrogen-bond acceptors (Lipinski definition) is 4. The summed E-state index contributed by atoms with van der Waals surface area (Å²) in [6, 6.07) is 3.45. The van der Waals surface area contributed by atoms with Crippen LogP contribution in [0.15, 0.2) is 18.3 Å². The molecular weight excluding hydrogens is 232 g/mol. The summed E-state index contributed by atoms with van der Waals surface area (Å²) in [5.74, 6) is -0.583. The van der Waals surface area contributed by atoms with Gasteiger partial charge in [0.2, 0.25) is 11.8 Å². The molecule has 1 unspecified atom stereocenters. The van der Waals surface area contributed by atoms with Crippen molar-refractivity contribution in [2.24, 2.45) is 11.7 Å². The molecular formula is C12H16N4O2. The van der Waals surface area contributed by atoms with Crippen molar-refractivity contribution in [3.8, 4) is 0 Å². The zero-order valence-electron chi connectivity index (χ0n) is 10.0. The Balaban J connectivity index is 1.93. The van der Waals surface area contributed by atoms with E-state index in [1.807, 2.05) is 0 Å². The smallest absolute Gasteiger partial charge is 0.228 e. The second kappa shape index (κ2) is 5.03. The van der Waals surface area contributed by atoms with E-state index in [0.717, 1.165) is 0 Å². The van der Waals surface area contributed by atoms with Gasteiger partial charge in [-0.3, -0.25) is 14.6 Å². The van der Waals surface area contributed by atoms with E-state index in [2.05, 4.69) is 4.98 Å². The lowest BCUT2D eigenvalue weighted by Crippen LogP contribution is -2.32. The summed E-state index contributed by atoms with van der Waals surface area (Å²) in [6.45, 7) is 1.00. The first-order valence-corrected chi connectivity index (χ1v) is 5.84. The summed E-state index contributed by atoms with van der Waals surface area (Å²) in [4.78, 5) is 28.7. The van der Waals surface area contributed by atoms with Crippen LogP contribution in [0.4, 0.5) is 5.69 Å². The second-order valence-corrected chi connectivity index (χ2v) is 4.49. The van der Waals surface area contributed by atoms with Crippen LogP contribution >= 0.6 is 0 Å². The second-order valence-electron chi connectivity index (χ2n) is 4.49. The Kier molecular flexibility index (Phi) is 3.45. The molecule has 18 heavy (non-hydrogen) atoms. The fraction of sp³-hybridized carbons (Fsp3) is 0.417. The molecule has 0 aromatic carbocycles. The minimum absolute atomic E-state index is 0.0315. The lowest BCUT2D eigenvalue weighted by molar-refractivity contribution is -0.129. The SMILES string of the molecule is NC(=O)C1CCN(C(=O)Cc2ccc(N)cn2)C1. The highest BCUT2D eigenvalue weighted by Crippen LogP contribution is 2.16. The molecule has 6 heteroatoms. The highest BCUT2D eigenvalue weighted by molar-refractivity contribution is 5.82. The number of amides is 2. The Morgan fingerprint density at radius 3 is 2.78 bits per heavy atom. The summed E-state index contributed by atoms with van der Waals surface area (Å²) in [5, 5.41) is 0. The predicted molar refractivity (Wildman–Crippen MR) is 66.2 cm³/mol. The van der Waals surface area contributed by atoms with Crippen LogP contribution in [0.2, 0.25) is 0 Å². The third-order valence-corrected chi connectivity index (χ3v) is 3.12. The van der Waals surface area contributed by atoms with Gasteiger partial charge in [0.05, 0.1) is 24.2 Å². The number of primary amides is 1. The van der Waals surface area contributed by atoms with Gasteiger partial charge in [0.25, 0.3) is 0 Å². The maximum atomic E-state index is 12.0. The number of nitrogens with zero attached hydrogens (tertiary/aromatic N) is 2. The number of hydrogen-bond donors (Lipinski definition) is 2. The van der Waals surface area contributed by atoms with E-state index in [4.69, 9.17) is 11.5 Å². The number of nitrogens with two attached hydrogens (primary N) is 2. The molecule has 1 atom stereocenters. The molecule has 1 fully saturated rings. The lowest BCUT2D eigenvalue weighted by atomic mass is 10.1. The zero-order valence-corrected chi connectivity index (χ0v) is 10.0. The van der Waals surface area contributed by atoms with Crippen molar-refractivity contribution in [2.75, 3.05) is 18.8 Å². The van der Waals surface area contributed by atoms with Crippen molar-refractivity contribution >= 4 is 17.5 Å². The van der Waals surface area contributed by atoms with Crippen LogP contribution in [0.25, 0.3) is 0 Å². The fourth-order valence-electron chi connectivity index (χ4n) is 2.03. The topological polar surface area (TPSA) is 102 Å². The van der Waals surface area contributed by atoms with Gasteiger partial charge in [-0.15, -0.1) is 0 Å². The molecule has 0 bridgehead atoms. The number of anilines is 1. The fourth-order valence-corrected chi connectivity index (χ4v) is 2.03. The van der Waals surface area contributed by atoms with Crippen molar-refractivity contribution in [1.82, 2.24) is 9.88 Å². The number of carbonyl (C=O) groups excluding carboxylic acids is 2. The number of nitrogen functional groups attached to an aromatic ring is 1. The molecule has 2 rings (SSSR count). The first-order valence-electron chi connectivity index (χ1n) is 5.84. The van der Waals surface area contributed by atoms with E-state index < -0.39 is 0 Å². The molecule has 0 aliphatic carbocycles. The number of aromatic nitrogens is 1. The molecule has 0 spiro atoms. The van der Waals surface area contributed by atoms with Crippen molar-refractivity contribution < 1.29 is 9.59 Å². The molecule has 6 nitrogen and oxygen atoms in total. The van der Waals surface area contributed by atoms with Crippen LogP contribution in [0, 0.1) is 5.92 Å².